The maximum absolute atomic E-state index is 12.8. The van der Waals surface area contributed by atoms with Crippen LogP contribution in [0.15, 0.2) is 53.0 Å². The van der Waals surface area contributed by atoms with E-state index in [-0.39, 0.29) is 11.8 Å². The normalized spacial score (nSPS) is 17.6. The Hall–Kier alpha value is -2.34. The van der Waals surface area contributed by atoms with Crippen LogP contribution in [0.4, 0.5) is 5.69 Å². The van der Waals surface area contributed by atoms with Gasteiger partial charge in [-0.1, -0.05) is 15.9 Å². The molecule has 0 aliphatic carbocycles. The Morgan fingerprint density at radius 2 is 1.72 bits per heavy atom. The molecule has 0 bridgehead atoms. The van der Waals surface area contributed by atoms with Crippen molar-refractivity contribution in [3.63, 3.8) is 0 Å². The molecule has 2 amide bonds. The first-order chi connectivity index (χ1) is 12.0. The Bertz CT molecular complexity index is 774. The number of hydrogen-bond donors (Lipinski definition) is 0. The second kappa shape index (κ2) is 7.27. The van der Waals surface area contributed by atoms with Gasteiger partial charge in [0.15, 0.2) is 0 Å². The van der Waals surface area contributed by atoms with E-state index in [1.807, 2.05) is 36.4 Å². The van der Waals surface area contributed by atoms with Crippen LogP contribution in [-0.2, 0) is 4.79 Å². The molecule has 0 unspecified atom stereocenters. The number of nitrogens with zero attached hydrogens (tertiary/aromatic N) is 2. The van der Waals surface area contributed by atoms with E-state index in [1.54, 1.807) is 36.0 Å². The van der Waals surface area contributed by atoms with Crippen LogP contribution in [-0.4, -0.2) is 43.0 Å². The zero-order valence-electron chi connectivity index (χ0n) is 14.1. The van der Waals surface area contributed by atoms with Crippen molar-refractivity contribution >= 4 is 33.4 Å². The van der Waals surface area contributed by atoms with Crippen molar-refractivity contribution in [1.82, 2.24) is 4.90 Å². The minimum atomic E-state index is -0.507. The van der Waals surface area contributed by atoms with Gasteiger partial charge in [-0.3, -0.25) is 9.59 Å². The summed E-state index contributed by atoms with van der Waals surface area (Å²) in [7, 11) is 1.61. The molecular formula is C19H19BrN2O3. The summed E-state index contributed by atoms with van der Waals surface area (Å²) in [5.74, 6) is 0.540. The summed E-state index contributed by atoms with van der Waals surface area (Å²) in [5.41, 5.74) is 1.40. The SMILES string of the molecule is COc1ccc(N2CCN(C(=O)c3ccc(Br)cc3)[C@@H](C)C2=O)cc1. The molecule has 3 rings (SSSR count). The molecule has 130 valence electrons. The highest BCUT2D eigenvalue weighted by Crippen LogP contribution is 2.24. The summed E-state index contributed by atoms with van der Waals surface area (Å²) in [5, 5.41) is 0. The van der Waals surface area contributed by atoms with Crippen LogP contribution < -0.4 is 9.64 Å². The lowest BCUT2D eigenvalue weighted by Gasteiger charge is -2.39. The first kappa shape index (κ1) is 17.5. The first-order valence-electron chi connectivity index (χ1n) is 8.03. The van der Waals surface area contributed by atoms with Gasteiger partial charge < -0.3 is 14.5 Å². The number of piperazine rings is 1. The molecule has 2 aromatic rings. The molecule has 1 heterocycles. The minimum Gasteiger partial charge on any atom is -0.497 e. The second-order valence-electron chi connectivity index (χ2n) is 5.87. The number of carbonyl (C=O) groups is 2. The van der Waals surface area contributed by atoms with E-state index in [9.17, 15) is 9.59 Å². The smallest absolute Gasteiger partial charge is 0.254 e. The highest BCUT2D eigenvalue weighted by Gasteiger charge is 2.35. The van der Waals surface area contributed by atoms with Gasteiger partial charge in [-0.05, 0) is 55.5 Å². The lowest BCUT2D eigenvalue weighted by atomic mass is 10.1. The van der Waals surface area contributed by atoms with E-state index >= 15 is 0 Å². The van der Waals surface area contributed by atoms with Crippen molar-refractivity contribution in [3.8, 4) is 5.75 Å². The zero-order valence-corrected chi connectivity index (χ0v) is 15.7. The van der Waals surface area contributed by atoms with Gasteiger partial charge in [0.05, 0.1) is 7.11 Å². The number of amides is 2. The zero-order chi connectivity index (χ0) is 18.0. The standard InChI is InChI=1S/C19H19BrN2O3/c1-13-18(23)22(16-7-9-17(25-2)10-8-16)12-11-21(13)19(24)14-3-5-15(20)6-4-14/h3-10,13H,11-12H2,1-2H3/t13-/m0/s1. The van der Waals surface area contributed by atoms with Crippen LogP contribution in [0.1, 0.15) is 17.3 Å². The second-order valence-corrected chi connectivity index (χ2v) is 6.78. The van der Waals surface area contributed by atoms with Crippen LogP contribution in [0.25, 0.3) is 0 Å². The third kappa shape index (κ3) is 3.54. The van der Waals surface area contributed by atoms with Crippen molar-refractivity contribution in [2.45, 2.75) is 13.0 Å². The highest BCUT2D eigenvalue weighted by atomic mass is 79.9. The van der Waals surface area contributed by atoms with Crippen LogP contribution in [0.3, 0.4) is 0 Å². The van der Waals surface area contributed by atoms with E-state index in [4.69, 9.17) is 4.74 Å². The van der Waals surface area contributed by atoms with Crippen LogP contribution in [0.2, 0.25) is 0 Å². The molecule has 1 fully saturated rings. The number of rotatable bonds is 3. The maximum atomic E-state index is 12.8. The Balaban J connectivity index is 1.76. The molecule has 25 heavy (non-hydrogen) atoms. The molecule has 0 radical (unpaired) electrons. The van der Waals surface area contributed by atoms with E-state index in [1.165, 1.54) is 0 Å². The predicted octanol–water partition coefficient (Wildman–Crippen LogP) is 3.34. The molecule has 6 heteroatoms. The Kier molecular flexibility index (Phi) is 5.08. The number of carbonyl (C=O) groups excluding carboxylic acids is 2. The largest absolute Gasteiger partial charge is 0.497 e. The van der Waals surface area contributed by atoms with Gasteiger partial charge in [0.1, 0.15) is 11.8 Å². The Labute approximate surface area is 155 Å². The quantitative estimate of drug-likeness (QED) is 0.790. The monoisotopic (exact) mass is 402 g/mol. The van der Waals surface area contributed by atoms with Gasteiger partial charge in [-0.15, -0.1) is 0 Å². The molecule has 0 aromatic heterocycles. The summed E-state index contributed by atoms with van der Waals surface area (Å²) >= 11 is 3.36. The number of halogens is 1. The van der Waals surface area contributed by atoms with Crippen LogP contribution >= 0.6 is 15.9 Å². The molecule has 0 N–H and O–H groups in total. The fraction of sp³-hybridized carbons (Fsp3) is 0.263. The van der Waals surface area contributed by atoms with Crippen LogP contribution in [0, 0.1) is 0 Å². The number of anilines is 1. The van der Waals surface area contributed by atoms with Crippen molar-refractivity contribution < 1.29 is 14.3 Å². The van der Waals surface area contributed by atoms with E-state index in [0.717, 1.165) is 15.9 Å². The Morgan fingerprint density at radius 3 is 2.32 bits per heavy atom. The molecule has 0 saturated carbocycles. The lowest BCUT2D eigenvalue weighted by molar-refractivity contribution is -0.124. The maximum Gasteiger partial charge on any atom is 0.254 e. The minimum absolute atomic E-state index is 0.0816. The summed E-state index contributed by atoms with van der Waals surface area (Å²) in [4.78, 5) is 28.8. The fourth-order valence-corrected chi connectivity index (χ4v) is 3.19. The van der Waals surface area contributed by atoms with Crippen molar-refractivity contribution in [2.24, 2.45) is 0 Å². The van der Waals surface area contributed by atoms with E-state index < -0.39 is 6.04 Å². The van der Waals surface area contributed by atoms with Crippen molar-refractivity contribution in [2.75, 3.05) is 25.1 Å². The predicted molar refractivity (Wildman–Crippen MR) is 100.0 cm³/mol. The third-order valence-electron chi connectivity index (χ3n) is 4.39. The van der Waals surface area contributed by atoms with Crippen molar-refractivity contribution in [1.29, 1.82) is 0 Å². The average molecular weight is 403 g/mol. The van der Waals surface area contributed by atoms with Crippen molar-refractivity contribution in [3.05, 3.63) is 58.6 Å². The lowest BCUT2D eigenvalue weighted by Crippen LogP contribution is -2.57. The average Bonchev–Trinajstić information content (AvgIpc) is 2.64. The fourth-order valence-electron chi connectivity index (χ4n) is 2.92. The summed E-state index contributed by atoms with van der Waals surface area (Å²) in [6, 6.07) is 14.0. The number of methoxy groups -OCH3 is 1. The number of hydrogen-bond acceptors (Lipinski definition) is 3. The molecular weight excluding hydrogens is 384 g/mol. The first-order valence-corrected chi connectivity index (χ1v) is 8.82. The summed E-state index contributed by atoms with van der Waals surface area (Å²) in [6.45, 7) is 2.74. The van der Waals surface area contributed by atoms with Gasteiger partial charge in [-0.2, -0.15) is 0 Å². The molecule has 1 aliphatic heterocycles. The summed E-state index contributed by atoms with van der Waals surface area (Å²) in [6.07, 6.45) is 0. The Morgan fingerprint density at radius 1 is 1.08 bits per heavy atom. The van der Waals surface area contributed by atoms with Gasteiger partial charge >= 0.3 is 0 Å². The molecule has 1 atom stereocenters. The molecule has 1 aliphatic rings. The number of ether oxygens (including phenoxy) is 1. The topological polar surface area (TPSA) is 49.9 Å². The van der Waals surface area contributed by atoms with E-state index in [0.29, 0.717) is 18.7 Å². The van der Waals surface area contributed by atoms with Crippen LogP contribution in [0.5, 0.6) is 5.75 Å². The highest BCUT2D eigenvalue weighted by molar-refractivity contribution is 9.10. The third-order valence-corrected chi connectivity index (χ3v) is 4.92. The molecule has 5 nitrogen and oxygen atoms in total. The molecule has 1 saturated heterocycles. The number of benzene rings is 2. The molecule has 0 spiro atoms. The molecule has 2 aromatic carbocycles. The van der Waals surface area contributed by atoms with Gasteiger partial charge in [0, 0.05) is 28.8 Å². The van der Waals surface area contributed by atoms with Gasteiger partial charge in [-0.25, -0.2) is 0 Å². The van der Waals surface area contributed by atoms with Gasteiger partial charge in [0.25, 0.3) is 5.91 Å². The van der Waals surface area contributed by atoms with Gasteiger partial charge in [0.2, 0.25) is 5.91 Å². The summed E-state index contributed by atoms with van der Waals surface area (Å²) < 4.78 is 6.07. The van der Waals surface area contributed by atoms with E-state index in [2.05, 4.69) is 15.9 Å².